The summed E-state index contributed by atoms with van der Waals surface area (Å²) in [6.07, 6.45) is 0.0463. The van der Waals surface area contributed by atoms with Crippen molar-refractivity contribution in [3.8, 4) is 0 Å². The first-order valence-corrected chi connectivity index (χ1v) is 3.58. The highest BCUT2D eigenvalue weighted by Crippen LogP contribution is 2.05. The summed E-state index contributed by atoms with van der Waals surface area (Å²) in [6.45, 7) is -0.660. The number of aromatic amines is 1. The van der Waals surface area contributed by atoms with Gasteiger partial charge in [-0.3, -0.25) is 14.9 Å². The van der Waals surface area contributed by atoms with E-state index in [1.807, 2.05) is 0 Å². The summed E-state index contributed by atoms with van der Waals surface area (Å²) in [5, 5.41) is 19.2. The number of aliphatic hydroxyl groups is 1. The number of aromatic nitrogens is 1. The second kappa shape index (κ2) is 3.81. The second-order valence-corrected chi connectivity index (χ2v) is 2.49. The van der Waals surface area contributed by atoms with E-state index in [0.29, 0.717) is 0 Å². The molecule has 1 aromatic rings. The Morgan fingerprint density at radius 1 is 1.69 bits per heavy atom. The molecule has 0 aliphatic carbocycles. The fraction of sp³-hybridized carbons (Fsp3) is 0.286. The number of hydrogen-bond donors (Lipinski definition) is 2. The number of rotatable bonds is 3. The minimum Gasteiger partial charge on any atom is -0.381 e. The van der Waals surface area contributed by atoms with Gasteiger partial charge in [-0.1, -0.05) is 0 Å². The highest BCUT2D eigenvalue weighted by molar-refractivity contribution is 5.11. The Bertz CT molecular complexity index is 360. The lowest BCUT2D eigenvalue weighted by atomic mass is 10.1. The topological polar surface area (TPSA) is 96.2 Å². The molecule has 6 nitrogen and oxygen atoms in total. The highest BCUT2D eigenvalue weighted by atomic mass is 16.6. The van der Waals surface area contributed by atoms with Crippen LogP contribution in [0.5, 0.6) is 0 Å². The summed E-state index contributed by atoms with van der Waals surface area (Å²) < 4.78 is 0. The van der Waals surface area contributed by atoms with Crippen molar-refractivity contribution in [2.75, 3.05) is 6.54 Å². The summed E-state index contributed by atoms with van der Waals surface area (Å²) in [4.78, 5) is 22.7. The Hall–Kier alpha value is -1.69. The van der Waals surface area contributed by atoms with E-state index in [-0.39, 0.29) is 5.56 Å². The van der Waals surface area contributed by atoms with Gasteiger partial charge in [-0.05, 0) is 12.1 Å². The maximum absolute atomic E-state index is 11.0. The van der Waals surface area contributed by atoms with Gasteiger partial charge in [0.05, 0.1) is 5.56 Å². The Morgan fingerprint density at radius 2 is 2.38 bits per heavy atom. The lowest BCUT2D eigenvalue weighted by Gasteiger charge is -2.03. The molecule has 0 aliphatic rings. The van der Waals surface area contributed by atoms with E-state index in [1.54, 1.807) is 0 Å². The summed E-state index contributed by atoms with van der Waals surface area (Å²) in [6, 6.07) is 2.85. The molecule has 0 amide bonds. The zero-order valence-corrected chi connectivity index (χ0v) is 6.64. The van der Waals surface area contributed by atoms with Crippen molar-refractivity contribution in [1.82, 2.24) is 4.98 Å². The molecular weight excluding hydrogens is 176 g/mol. The van der Waals surface area contributed by atoms with Crippen molar-refractivity contribution >= 4 is 0 Å². The molecule has 2 N–H and O–H groups in total. The summed E-state index contributed by atoms with van der Waals surface area (Å²) in [5.41, 5.74) is -0.490. The number of nitrogens with zero attached hydrogens (tertiary/aromatic N) is 1. The van der Waals surface area contributed by atoms with E-state index in [0.717, 1.165) is 0 Å². The van der Waals surface area contributed by atoms with E-state index >= 15 is 0 Å². The van der Waals surface area contributed by atoms with Crippen LogP contribution in [0.25, 0.3) is 0 Å². The van der Waals surface area contributed by atoms with Crippen LogP contribution in [0.15, 0.2) is 23.1 Å². The lowest BCUT2D eigenvalue weighted by molar-refractivity contribution is -0.491. The van der Waals surface area contributed by atoms with Crippen LogP contribution in [-0.4, -0.2) is 21.6 Å². The number of nitro groups is 1. The fourth-order valence-corrected chi connectivity index (χ4v) is 0.937. The minimum absolute atomic E-state index is 0.0131. The van der Waals surface area contributed by atoms with Crippen molar-refractivity contribution in [2.45, 2.75) is 6.10 Å². The van der Waals surface area contributed by atoms with Gasteiger partial charge in [-0.25, -0.2) is 0 Å². The molecule has 1 rings (SSSR count). The molecule has 0 spiro atoms. The van der Waals surface area contributed by atoms with Crippen molar-refractivity contribution in [3.63, 3.8) is 0 Å². The van der Waals surface area contributed by atoms with E-state index in [1.165, 1.54) is 18.3 Å². The molecule has 0 saturated carbocycles. The monoisotopic (exact) mass is 184 g/mol. The lowest BCUT2D eigenvalue weighted by Crippen LogP contribution is -2.20. The first kappa shape index (κ1) is 9.40. The number of aliphatic hydroxyl groups excluding tert-OH is 1. The van der Waals surface area contributed by atoms with E-state index in [2.05, 4.69) is 4.98 Å². The fourth-order valence-electron chi connectivity index (χ4n) is 0.937. The molecule has 6 heteroatoms. The van der Waals surface area contributed by atoms with Crippen molar-refractivity contribution in [1.29, 1.82) is 0 Å². The SMILES string of the molecule is O=c1[nH]cccc1C(O)C[N+](=O)[O-]. The Labute approximate surface area is 73.0 Å². The van der Waals surface area contributed by atoms with E-state index < -0.39 is 23.1 Å². The van der Waals surface area contributed by atoms with Crippen LogP contribution in [0.3, 0.4) is 0 Å². The van der Waals surface area contributed by atoms with E-state index in [4.69, 9.17) is 0 Å². The molecule has 1 atom stereocenters. The van der Waals surface area contributed by atoms with Gasteiger partial charge in [0.25, 0.3) is 5.56 Å². The number of nitrogens with one attached hydrogen (secondary N) is 1. The zero-order valence-electron chi connectivity index (χ0n) is 6.64. The van der Waals surface area contributed by atoms with E-state index in [9.17, 15) is 20.0 Å². The molecule has 70 valence electrons. The van der Waals surface area contributed by atoms with Crippen LogP contribution in [0, 0.1) is 10.1 Å². The molecular formula is C7H8N2O4. The molecule has 0 bridgehead atoms. The first-order chi connectivity index (χ1) is 6.11. The third-order valence-electron chi connectivity index (χ3n) is 1.53. The van der Waals surface area contributed by atoms with Gasteiger partial charge in [0, 0.05) is 11.1 Å². The molecule has 1 aromatic heterocycles. The quantitative estimate of drug-likeness (QED) is 0.497. The maximum Gasteiger partial charge on any atom is 0.254 e. The second-order valence-electron chi connectivity index (χ2n) is 2.49. The standard InChI is InChI=1S/C7H8N2O4/c10-6(4-9(12)13)5-2-1-3-8-7(5)11/h1-3,6,10H,4H2,(H,8,11). The van der Waals surface area contributed by atoms with Crippen molar-refractivity contribution in [2.24, 2.45) is 0 Å². The smallest absolute Gasteiger partial charge is 0.254 e. The van der Waals surface area contributed by atoms with Crippen LogP contribution in [0.1, 0.15) is 11.7 Å². The van der Waals surface area contributed by atoms with Crippen LogP contribution in [-0.2, 0) is 0 Å². The van der Waals surface area contributed by atoms with Gasteiger partial charge in [-0.2, -0.15) is 0 Å². The molecule has 1 unspecified atom stereocenters. The third kappa shape index (κ3) is 2.38. The number of H-pyrrole nitrogens is 1. The van der Waals surface area contributed by atoms with Gasteiger partial charge >= 0.3 is 0 Å². The van der Waals surface area contributed by atoms with Crippen LogP contribution in [0.4, 0.5) is 0 Å². The number of pyridine rings is 1. The largest absolute Gasteiger partial charge is 0.381 e. The average molecular weight is 184 g/mol. The molecule has 1 heterocycles. The third-order valence-corrected chi connectivity index (χ3v) is 1.53. The Morgan fingerprint density at radius 3 is 2.92 bits per heavy atom. The van der Waals surface area contributed by atoms with Crippen LogP contribution < -0.4 is 5.56 Å². The molecule has 0 aliphatic heterocycles. The number of hydrogen-bond acceptors (Lipinski definition) is 4. The van der Waals surface area contributed by atoms with Crippen molar-refractivity contribution in [3.05, 3.63) is 44.4 Å². The molecule has 13 heavy (non-hydrogen) atoms. The predicted molar refractivity (Wildman–Crippen MR) is 43.9 cm³/mol. The van der Waals surface area contributed by atoms with Crippen molar-refractivity contribution < 1.29 is 10.0 Å². The first-order valence-electron chi connectivity index (χ1n) is 3.58. The van der Waals surface area contributed by atoms with Gasteiger partial charge < -0.3 is 10.1 Å². The molecule has 0 saturated heterocycles. The summed E-state index contributed by atoms with van der Waals surface area (Å²) in [5.74, 6) is 0. The molecule has 0 radical (unpaired) electrons. The highest BCUT2D eigenvalue weighted by Gasteiger charge is 2.16. The van der Waals surface area contributed by atoms with Gasteiger partial charge in [-0.15, -0.1) is 0 Å². The van der Waals surface area contributed by atoms with Gasteiger partial charge in [0.2, 0.25) is 6.54 Å². The minimum atomic E-state index is -1.35. The normalized spacial score (nSPS) is 12.4. The van der Waals surface area contributed by atoms with Gasteiger partial charge in [0.15, 0.2) is 0 Å². The summed E-state index contributed by atoms with van der Waals surface area (Å²) in [7, 11) is 0. The predicted octanol–water partition coefficient (Wildman–Crippen LogP) is -0.315. The Kier molecular flexibility index (Phi) is 2.76. The van der Waals surface area contributed by atoms with Crippen LogP contribution in [0.2, 0.25) is 0 Å². The van der Waals surface area contributed by atoms with Gasteiger partial charge in [0.1, 0.15) is 6.10 Å². The average Bonchev–Trinajstić information content (AvgIpc) is 2.03. The van der Waals surface area contributed by atoms with Crippen LogP contribution >= 0.6 is 0 Å². The Balaban J connectivity index is 2.89. The molecule has 0 fully saturated rings. The molecule has 0 aromatic carbocycles. The summed E-state index contributed by atoms with van der Waals surface area (Å²) >= 11 is 0. The zero-order chi connectivity index (χ0) is 9.84. The maximum atomic E-state index is 11.0.